The first-order chi connectivity index (χ1) is 11.7. The summed E-state index contributed by atoms with van der Waals surface area (Å²) in [5.41, 5.74) is 3.65. The number of phenolic OH excluding ortho intramolecular Hbond substituents is 1. The molecule has 2 heteroatoms. The van der Waals surface area contributed by atoms with Gasteiger partial charge >= 0.3 is 0 Å². The van der Waals surface area contributed by atoms with Crippen molar-refractivity contribution in [3.05, 3.63) is 23.3 Å². The fourth-order valence-corrected chi connectivity index (χ4v) is 3.92. The molecule has 1 saturated carbocycles. The molecule has 0 aromatic heterocycles. The molecule has 0 amide bonds. The Bertz CT molecular complexity index is 477. The summed E-state index contributed by atoms with van der Waals surface area (Å²) >= 11 is 0. The zero-order valence-electron chi connectivity index (χ0n) is 15.9. The van der Waals surface area contributed by atoms with Gasteiger partial charge in [-0.05, 0) is 49.8 Å². The fourth-order valence-electron chi connectivity index (χ4n) is 3.92. The van der Waals surface area contributed by atoms with Gasteiger partial charge in [0.2, 0.25) is 0 Å². The molecule has 0 radical (unpaired) electrons. The topological polar surface area (TPSA) is 32.3 Å². The van der Waals surface area contributed by atoms with Gasteiger partial charge in [-0.3, -0.25) is 0 Å². The highest BCUT2D eigenvalue weighted by Gasteiger charge is 2.17. The Labute approximate surface area is 149 Å². The molecule has 2 rings (SSSR count). The van der Waals surface area contributed by atoms with Crippen LogP contribution in [0.2, 0.25) is 0 Å². The standard InChI is InChI=1S/C22H37NO/c1-3-4-5-6-7-8-10-13-19-16-17-21(24)22(18(19)2)23-20-14-11-9-12-15-20/h16-17,20,23-24H,3-15H2,1-2H3. The highest BCUT2D eigenvalue weighted by molar-refractivity contribution is 5.64. The van der Waals surface area contributed by atoms with Crippen LogP contribution in [0, 0.1) is 6.92 Å². The number of rotatable bonds is 10. The summed E-state index contributed by atoms with van der Waals surface area (Å²) in [6.45, 7) is 4.44. The molecule has 2 N–H and O–H groups in total. The number of aryl methyl sites for hydroxylation is 1. The van der Waals surface area contributed by atoms with E-state index in [0.29, 0.717) is 11.8 Å². The van der Waals surface area contributed by atoms with E-state index in [1.807, 2.05) is 6.07 Å². The van der Waals surface area contributed by atoms with Gasteiger partial charge in [-0.15, -0.1) is 0 Å². The largest absolute Gasteiger partial charge is 0.506 e. The second-order valence-corrected chi connectivity index (χ2v) is 7.59. The molecule has 0 unspecified atom stereocenters. The molecule has 0 bridgehead atoms. The summed E-state index contributed by atoms with van der Waals surface area (Å²) < 4.78 is 0. The van der Waals surface area contributed by atoms with Crippen molar-refractivity contribution in [1.29, 1.82) is 0 Å². The maximum Gasteiger partial charge on any atom is 0.138 e. The minimum absolute atomic E-state index is 0.418. The summed E-state index contributed by atoms with van der Waals surface area (Å²) in [6, 6.07) is 4.54. The third-order valence-corrected chi connectivity index (χ3v) is 5.56. The zero-order chi connectivity index (χ0) is 17.2. The summed E-state index contributed by atoms with van der Waals surface area (Å²) in [7, 11) is 0. The van der Waals surface area contributed by atoms with Crippen LogP contribution in [-0.2, 0) is 6.42 Å². The lowest BCUT2D eigenvalue weighted by Gasteiger charge is -2.26. The van der Waals surface area contributed by atoms with Crippen molar-refractivity contribution in [1.82, 2.24) is 0 Å². The Hall–Kier alpha value is -1.18. The Balaban J connectivity index is 1.83. The molecule has 0 spiro atoms. The first kappa shape index (κ1) is 19.1. The Morgan fingerprint density at radius 3 is 2.33 bits per heavy atom. The molecule has 24 heavy (non-hydrogen) atoms. The monoisotopic (exact) mass is 331 g/mol. The number of nitrogens with one attached hydrogen (secondary N) is 1. The summed E-state index contributed by atoms with van der Waals surface area (Å²) in [5, 5.41) is 13.9. The maximum atomic E-state index is 10.3. The van der Waals surface area contributed by atoms with Crippen molar-refractivity contribution in [2.75, 3.05) is 5.32 Å². The highest BCUT2D eigenvalue weighted by atomic mass is 16.3. The van der Waals surface area contributed by atoms with Crippen molar-refractivity contribution >= 4 is 5.69 Å². The minimum atomic E-state index is 0.418. The van der Waals surface area contributed by atoms with Crippen molar-refractivity contribution in [2.24, 2.45) is 0 Å². The quantitative estimate of drug-likeness (QED) is 0.367. The Morgan fingerprint density at radius 2 is 1.62 bits per heavy atom. The van der Waals surface area contributed by atoms with E-state index in [0.717, 1.165) is 12.1 Å². The molecular formula is C22H37NO. The minimum Gasteiger partial charge on any atom is -0.506 e. The van der Waals surface area contributed by atoms with E-state index in [1.165, 1.54) is 88.2 Å². The van der Waals surface area contributed by atoms with Crippen LogP contribution >= 0.6 is 0 Å². The third-order valence-electron chi connectivity index (χ3n) is 5.56. The number of anilines is 1. The molecule has 136 valence electrons. The number of benzene rings is 1. The lowest BCUT2D eigenvalue weighted by molar-refractivity contribution is 0.452. The van der Waals surface area contributed by atoms with Gasteiger partial charge in [0.1, 0.15) is 5.75 Å². The summed E-state index contributed by atoms with van der Waals surface area (Å²) in [6.07, 6.45) is 17.0. The molecule has 2 nitrogen and oxygen atoms in total. The van der Waals surface area contributed by atoms with Crippen LogP contribution in [0.1, 0.15) is 95.1 Å². The van der Waals surface area contributed by atoms with E-state index in [1.54, 1.807) is 0 Å². The van der Waals surface area contributed by atoms with Crippen LogP contribution in [0.5, 0.6) is 5.75 Å². The average molecular weight is 332 g/mol. The SMILES string of the molecule is CCCCCCCCCc1ccc(O)c(NC2CCCCC2)c1C. The Kier molecular flexibility index (Phi) is 8.49. The van der Waals surface area contributed by atoms with Crippen molar-refractivity contribution in [3.63, 3.8) is 0 Å². The van der Waals surface area contributed by atoms with E-state index < -0.39 is 0 Å². The molecule has 0 atom stereocenters. The maximum absolute atomic E-state index is 10.3. The van der Waals surface area contributed by atoms with Crippen LogP contribution in [-0.4, -0.2) is 11.1 Å². The molecular weight excluding hydrogens is 294 g/mol. The molecule has 0 saturated heterocycles. The summed E-state index contributed by atoms with van der Waals surface area (Å²) in [5.74, 6) is 0.418. The van der Waals surface area contributed by atoms with Crippen LogP contribution in [0.15, 0.2) is 12.1 Å². The van der Waals surface area contributed by atoms with Gasteiger partial charge < -0.3 is 10.4 Å². The van der Waals surface area contributed by atoms with Crippen LogP contribution in [0.25, 0.3) is 0 Å². The van der Waals surface area contributed by atoms with E-state index in [9.17, 15) is 5.11 Å². The molecule has 1 aromatic rings. The van der Waals surface area contributed by atoms with Crippen molar-refractivity contribution < 1.29 is 5.11 Å². The van der Waals surface area contributed by atoms with E-state index in [2.05, 4.69) is 25.2 Å². The molecule has 1 aliphatic carbocycles. The van der Waals surface area contributed by atoms with E-state index >= 15 is 0 Å². The van der Waals surface area contributed by atoms with Crippen LogP contribution in [0.3, 0.4) is 0 Å². The smallest absolute Gasteiger partial charge is 0.138 e. The predicted octanol–water partition coefficient (Wildman–Crippen LogP) is 6.74. The highest BCUT2D eigenvalue weighted by Crippen LogP contribution is 2.33. The first-order valence-electron chi connectivity index (χ1n) is 10.3. The molecule has 1 aliphatic rings. The van der Waals surface area contributed by atoms with Gasteiger partial charge in [0.15, 0.2) is 0 Å². The zero-order valence-corrected chi connectivity index (χ0v) is 15.9. The molecule has 0 aliphatic heterocycles. The summed E-state index contributed by atoms with van der Waals surface area (Å²) in [4.78, 5) is 0. The molecule has 1 fully saturated rings. The van der Waals surface area contributed by atoms with Gasteiger partial charge in [0.05, 0.1) is 5.69 Å². The van der Waals surface area contributed by atoms with Gasteiger partial charge in [0, 0.05) is 6.04 Å². The number of unbranched alkanes of at least 4 members (excludes halogenated alkanes) is 6. The molecule has 1 aromatic carbocycles. The number of hydrogen-bond acceptors (Lipinski definition) is 2. The normalized spacial score (nSPS) is 15.6. The second-order valence-electron chi connectivity index (χ2n) is 7.59. The van der Waals surface area contributed by atoms with Gasteiger partial charge in [-0.1, -0.05) is 70.8 Å². The van der Waals surface area contributed by atoms with Crippen molar-refractivity contribution in [3.8, 4) is 5.75 Å². The predicted molar refractivity (Wildman–Crippen MR) is 105 cm³/mol. The number of aromatic hydroxyl groups is 1. The van der Waals surface area contributed by atoms with Crippen LogP contribution in [0.4, 0.5) is 5.69 Å². The van der Waals surface area contributed by atoms with Crippen LogP contribution < -0.4 is 5.32 Å². The third kappa shape index (κ3) is 6.03. The second kappa shape index (κ2) is 10.6. The van der Waals surface area contributed by atoms with Gasteiger partial charge in [-0.25, -0.2) is 0 Å². The van der Waals surface area contributed by atoms with E-state index in [-0.39, 0.29) is 0 Å². The van der Waals surface area contributed by atoms with Crippen molar-refractivity contribution in [2.45, 2.75) is 103 Å². The van der Waals surface area contributed by atoms with Gasteiger partial charge in [-0.2, -0.15) is 0 Å². The Morgan fingerprint density at radius 1 is 0.958 bits per heavy atom. The lowest BCUT2D eigenvalue weighted by Crippen LogP contribution is -2.23. The average Bonchev–Trinajstić information content (AvgIpc) is 2.60. The van der Waals surface area contributed by atoms with Gasteiger partial charge in [0.25, 0.3) is 0 Å². The number of phenols is 1. The number of hydrogen-bond donors (Lipinski definition) is 2. The lowest BCUT2D eigenvalue weighted by atomic mass is 9.94. The van der Waals surface area contributed by atoms with E-state index in [4.69, 9.17) is 0 Å². The molecule has 0 heterocycles. The first-order valence-corrected chi connectivity index (χ1v) is 10.3. The fraction of sp³-hybridized carbons (Fsp3) is 0.727.